The molecule has 6 heteroatoms. The number of nitrogens with one attached hydrogen (secondary N) is 2. The van der Waals surface area contributed by atoms with Gasteiger partial charge in [0.05, 0.1) is 5.25 Å². The number of sulfonamides is 1. The van der Waals surface area contributed by atoms with E-state index < -0.39 is 21.3 Å². The maximum Gasteiger partial charge on any atom is 0.238 e. The van der Waals surface area contributed by atoms with Gasteiger partial charge in [0.1, 0.15) is 6.04 Å². The first-order valence-corrected chi connectivity index (χ1v) is 5.77. The zero-order valence-electron chi connectivity index (χ0n) is 7.70. The Balaban J connectivity index is 2.63. The zero-order chi connectivity index (χ0) is 10.1. The Morgan fingerprint density at radius 2 is 2.15 bits per heavy atom. The van der Waals surface area contributed by atoms with Gasteiger partial charge in [-0.1, -0.05) is 0 Å². The lowest BCUT2D eigenvalue weighted by Gasteiger charge is -2.12. The molecule has 0 aromatic heterocycles. The van der Waals surface area contributed by atoms with E-state index in [9.17, 15) is 13.2 Å². The predicted molar refractivity (Wildman–Crippen MR) is 48.6 cm³/mol. The highest BCUT2D eigenvalue weighted by molar-refractivity contribution is 7.90. The van der Waals surface area contributed by atoms with E-state index in [4.69, 9.17) is 0 Å². The fraction of sp³-hybridized carbons (Fsp3) is 0.857. The summed E-state index contributed by atoms with van der Waals surface area (Å²) in [5.74, 6) is -0.232. The number of rotatable bonds is 3. The number of carbonyl (C=O) groups is 1. The zero-order valence-corrected chi connectivity index (χ0v) is 8.52. The molecule has 0 spiro atoms. The molecule has 2 N–H and O–H groups in total. The average Bonchev–Trinajstić information content (AvgIpc) is 2.35. The van der Waals surface area contributed by atoms with Crippen molar-refractivity contribution in [3.05, 3.63) is 0 Å². The Kier molecular flexibility index (Phi) is 2.92. The minimum atomic E-state index is -3.33. The molecule has 76 valence electrons. The molecule has 0 radical (unpaired) electrons. The lowest BCUT2D eigenvalue weighted by molar-refractivity contribution is -0.120. The van der Waals surface area contributed by atoms with Crippen LogP contribution in [0.3, 0.4) is 0 Å². The maximum absolute atomic E-state index is 11.3. The highest BCUT2D eigenvalue weighted by atomic mass is 32.2. The number of carbonyl (C=O) groups excluding carboxylic acids is 1. The third-order valence-electron chi connectivity index (χ3n) is 1.98. The highest BCUT2D eigenvalue weighted by Crippen LogP contribution is 2.04. The molecule has 13 heavy (non-hydrogen) atoms. The van der Waals surface area contributed by atoms with Gasteiger partial charge in [0.15, 0.2) is 0 Å². The van der Waals surface area contributed by atoms with Crippen molar-refractivity contribution in [3.8, 4) is 0 Å². The minimum absolute atomic E-state index is 0.232. The van der Waals surface area contributed by atoms with Crippen LogP contribution in [-0.2, 0) is 14.8 Å². The predicted octanol–water partition coefficient (Wildman–Crippen LogP) is -0.797. The molecule has 0 aliphatic carbocycles. The van der Waals surface area contributed by atoms with Crippen molar-refractivity contribution < 1.29 is 13.2 Å². The van der Waals surface area contributed by atoms with Crippen molar-refractivity contribution in [2.24, 2.45) is 0 Å². The lowest BCUT2D eigenvalue weighted by Crippen LogP contribution is -2.43. The molecule has 0 aromatic rings. The summed E-state index contributed by atoms with van der Waals surface area (Å²) >= 11 is 0. The van der Waals surface area contributed by atoms with Crippen molar-refractivity contribution in [1.29, 1.82) is 0 Å². The van der Waals surface area contributed by atoms with E-state index >= 15 is 0 Å². The molecule has 1 aliphatic rings. The Hall–Kier alpha value is -0.620. The second-order valence-electron chi connectivity index (χ2n) is 3.34. The molecule has 1 rings (SSSR count). The molecular weight excluding hydrogens is 192 g/mol. The van der Waals surface area contributed by atoms with Gasteiger partial charge >= 0.3 is 0 Å². The van der Waals surface area contributed by atoms with Crippen LogP contribution in [0, 0.1) is 0 Å². The van der Waals surface area contributed by atoms with Gasteiger partial charge < -0.3 is 5.32 Å². The third-order valence-corrected chi connectivity index (χ3v) is 3.83. The molecular formula is C7H14N2O3S. The average molecular weight is 206 g/mol. The number of hydrogen-bond donors (Lipinski definition) is 2. The van der Waals surface area contributed by atoms with Gasteiger partial charge in [-0.05, 0) is 20.3 Å². The van der Waals surface area contributed by atoms with Crippen molar-refractivity contribution in [3.63, 3.8) is 0 Å². The van der Waals surface area contributed by atoms with Gasteiger partial charge in [-0.2, -0.15) is 0 Å². The monoisotopic (exact) mass is 206 g/mol. The number of hydrogen-bond acceptors (Lipinski definition) is 3. The number of amides is 1. The van der Waals surface area contributed by atoms with Crippen LogP contribution in [0.15, 0.2) is 0 Å². The summed E-state index contributed by atoms with van der Waals surface area (Å²) in [6.07, 6.45) is 0.533. The largest absolute Gasteiger partial charge is 0.355 e. The van der Waals surface area contributed by atoms with Crippen molar-refractivity contribution >= 4 is 15.9 Å². The molecule has 0 saturated carbocycles. The van der Waals surface area contributed by atoms with Crippen LogP contribution in [0.25, 0.3) is 0 Å². The molecule has 1 saturated heterocycles. The first-order chi connectivity index (χ1) is 5.93. The summed E-state index contributed by atoms with van der Waals surface area (Å²) in [4.78, 5) is 11.0. The van der Waals surface area contributed by atoms with E-state index in [1.807, 2.05) is 0 Å². The minimum Gasteiger partial charge on any atom is -0.355 e. The van der Waals surface area contributed by atoms with Crippen LogP contribution in [0.2, 0.25) is 0 Å². The first-order valence-electron chi connectivity index (χ1n) is 4.22. The standard InChI is InChI=1S/C7H14N2O3S/c1-5(2)13(11,12)9-6-3-4-8-7(6)10/h5-6,9H,3-4H2,1-2H3,(H,8,10). The van der Waals surface area contributed by atoms with Crippen LogP contribution in [0.5, 0.6) is 0 Å². The van der Waals surface area contributed by atoms with Crippen LogP contribution >= 0.6 is 0 Å². The highest BCUT2D eigenvalue weighted by Gasteiger charge is 2.29. The Bertz CT molecular complexity index is 297. The normalized spacial score (nSPS) is 23.6. The fourth-order valence-corrected chi connectivity index (χ4v) is 1.93. The smallest absolute Gasteiger partial charge is 0.238 e. The molecule has 1 unspecified atom stereocenters. The van der Waals surface area contributed by atoms with Gasteiger partial charge in [-0.25, -0.2) is 13.1 Å². The van der Waals surface area contributed by atoms with Gasteiger partial charge in [0, 0.05) is 6.54 Å². The Labute approximate surface area is 77.9 Å². The summed E-state index contributed by atoms with van der Waals surface area (Å²) in [5.41, 5.74) is 0. The second kappa shape index (κ2) is 3.63. The van der Waals surface area contributed by atoms with Gasteiger partial charge in [0.25, 0.3) is 0 Å². The summed E-state index contributed by atoms with van der Waals surface area (Å²) in [6.45, 7) is 3.70. The molecule has 0 aromatic carbocycles. The molecule has 0 bridgehead atoms. The van der Waals surface area contributed by atoms with Gasteiger partial charge in [-0.3, -0.25) is 4.79 Å². The Morgan fingerprint density at radius 3 is 2.54 bits per heavy atom. The van der Waals surface area contributed by atoms with Crippen molar-refractivity contribution in [2.75, 3.05) is 6.54 Å². The van der Waals surface area contributed by atoms with E-state index in [1.165, 1.54) is 0 Å². The summed E-state index contributed by atoms with van der Waals surface area (Å²) in [6, 6.07) is -0.576. The lowest BCUT2D eigenvalue weighted by atomic mass is 10.3. The van der Waals surface area contributed by atoms with Crippen molar-refractivity contribution in [2.45, 2.75) is 31.6 Å². The Morgan fingerprint density at radius 1 is 1.54 bits per heavy atom. The van der Waals surface area contributed by atoms with Gasteiger partial charge in [0.2, 0.25) is 15.9 Å². The third kappa shape index (κ3) is 2.41. The maximum atomic E-state index is 11.3. The van der Waals surface area contributed by atoms with E-state index in [0.717, 1.165) is 0 Å². The van der Waals surface area contributed by atoms with E-state index in [2.05, 4.69) is 10.0 Å². The quantitative estimate of drug-likeness (QED) is 0.635. The van der Waals surface area contributed by atoms with Crippen LogP contribution in [0.4, 0.5) is 0 Å². The molecule has 5 nitrogen and oxygen atoms in total. The summed E-state index contributed by atoms with van der Waals surface area (Å²) < 4.78 is 25.0. The first kappa shape index (κ1) is 10.5. The SMILES string of the molecule is CC(C)S(=O)(=O)NC1CCNC1=O. The summed E-state index contributed by atoms with van der Waals surface area (Å²) in [5, 5.41) is 2.07. The van der Waals surface area contributed by atoms with Crippen LogP contribution < -0.4 is 10.0 Å². The molecule has 1 fully saturated rings. The second-order valence-corrected chi connectivity index (χ2v) is 5.61. The van der Waals surface area contributed by atoms with E-state index in [-0.39, 0.29) is 5.91 Å². The molecule has 1 amide bonds. The fourth-order valence-electron chi connectivity index (χ4n) is 1.04. The van der Waals surface area contributed by atoms with E-state index in [1.54, 1.807) is 13.8 Å². The van der Waals surface area contributed by atoms with Crippen molar-refractivity contribution in [1.82, 2.24) is 10.0 Å². The van der Waals surface area contributed by atoms with E-state index in [0.29, 0.717) is 13.0 Å². The van der Waals surface area contributed by atoms with Crippen LogP contribution in [-0.4, -0.2) is 32.2 Å². The molecule has 1 aliphatic heterocycles. The summed E-state index contributed by atoms with van der Waals surface area (Å²) in [7, 11) is -3.33. The molecule has 1 atom stereocenters. The van der Waals surface area contributed by atoms with Crippen LogP contribution in [0.1, 0.15) is 20.3 Å². The van der Waals surface area contributed by atoms with Gasteiger partial charge in [-0.15, -0.1) is 0 Å². The molecule has 1 heterocycles. The topological polar surface area (TPSA) is 75.3 Å².